The lowest BCUT2D eigenvalue weighted by molar-refractivity contribution is -0.135. The molecule has 0 aromatic heterocycles. The van der Waals surface area contributed by atoms with Gasteiger partial charge in [-0.2, -0.15) is 0 Å². The summed E-state index contributed by atoms with van der Waals surface area (Å²) in [6, 6.07) is 0. The molecule has 0 aromatic rings. The van der Waals surface area contributed by atoms with Crippen LogP contribution in [0.2, 0.25) is 0 Å². The Kier molecular flexibility index (Phi) is 2.58. The summed E-state index contributed by atoms with van der Waals surface area (Å²) < 4.78 is 0. The first kappa shape index (κ1) is 9.34. The molecule has 0 radical (unpaired) electrons. The molecule has 1 rings (SSSR count). The molecule has 68 valence electrons. The van der Waals surface area contributed by atoms with Gasteiger partial charge in [0.25, 0.3) is 0 Å². The maximum atomic E-state index is 11.0. The van der Waals surface area contributed by atoms with Gasteiger partial charge >= 0.3 is 0 Å². The minimum absolute atomic E-state index is 0.0692. The lowest BCUT2D eigenvalue weighted by Crippen LogP contribution is -2.46. The first-order chi connectivity index (χ1) is 5.57. The van der Waals surface area contributed by atoms with Crippen molar-refractivity contribution in [3.8, 4) is 0 Å². The summed E-state index contributed by atoms with van der Waals surface area (Å²) in [5.41, 5.74) is -0.0692. The van der Waals surface area contributed by atoms with Crippen molar-refractivity contribution in [2.45, 2.75) is 18.3 Å². The van der Waals surface area contributed by atoms with E-state index >= 15 is 0 Å². The number of aliphatic hydroxyl groups excluding tert-OH is 4. The smallest absolute Gasteiger partial charge is 0.192 e. The summed E-state index contributed by atoms with van der Waals surface area (Å²) in [5.74, 6) is -0.740. The monoisotopic (exact) mass is 174 g/mol. The minimum Gasteiger partial charge on any atom is -0.392 e. The highest BCUT2D eigenvalue weighted by Gasteiger charge is 2.35. The Labute approximate surface area is 68.6 Å². The molecule has 3 atom stereocenters. The van der Waals surface area contributed by atoms with Gasteiger partial charge in [0.05, 0.1) is 6.61 Å². The zero-order valence-electron chi connectivity index (χ0n) is 6.21. The highest BCUT2D eigenvalue weighted by Crippen LogP contribution is 2.15. The summed E-state index contributed by atoms with van der Waals surface area (Å²) in [7, 11) is 0. The van der Waals surface area contributed by atoms with Crippen LogP contribution in [0.1, 0.15) is 0 Å². The fraction of sp³-hybridized carbons (Fsp3) is 0.571. The first-order valence-electron chi connectivity index (χ1n) is 3.48. The van der Waals surface area contributed by atoms with E-state index in [-0.39, 0.29) is 5.57 Å². The van der Waals surface area contributed by atoms with Gasteiger partial charge < -0.3 is 20.4 Å². The quantitative estimate of drug-likeness (QED) is 0.354. The molecule has 5 nitrogen and oxygen atoms in total. The van der Waals surface area contributed by atoms with E-state index in [2.05, 4.69) is 0 Å². The molecule has 0 heterocycles. The first-order valence-corrected chi connectivity index (χ1v) is 3.48. The molecule has 0 saturated carbocycles. The van der Waals surface area contributed by atoms with Crippen molar-refractivity contribution in [3.63, 3.8) is 0 Å². The molecule has 0 aliphatic heterocycles. The van der Waals surface area contributed by atoms with E-state index in [1.807, 2.05) is 0 Å². The maximum absolute atomic E-state index is 11.0. The SMILES string of the molecule is O=C1C(CO)=C[C@H](O)[C@@H](O)[C@@H]1O. The third-order valence-electron chi connectivity index (χ3n) is 1.80. The molecule has 0 aromatic carbocycles. The highest BCUT2D eigenvalue weighted by molar-refractivity contribution is 6.00. The van der Waals surface area contributed by atoms with Crippen molar-refractivity contribution >= 4 is 5.78 Å². The molecule has 1 aliphatic rings. The van der Waals surface area contributed by atoms with Crippen molar-refractivity contribution in [3.05, 3.63) is 11.6 Å². The topological polar surface area (TPSA) is 98.0 Å². The predicted molar refractivity (Wildman–Crippen MR) is 38.2 cm³/mol. The van der Waals surface area contributed by atoms with Gasteiger partial charge in [-0.3, -0.25) is 4.79 Å². The standard InChI is InChI=1S/C7H10O5/c8-2-3-1-4(9)6(11)7(12)5(3)10/h1,4,6-9,11-12H,2H2/t4-,6+,7+/m0/s1. The molecule has 0 bridgehead atoms. The molecule has 0 unspecified atom stereocenters. The number of carbonyl (C=O) groups is 1. The fourth-order valence-electron chi connectivity index (χ4n) is 1.05. The molecular weight excluding hydrogens is 164 g/mol. The van der Waals surface area contributed by atoms with Crippen molar-refractivity contribution in [1.82, 2.24) is 0 Å². The number of hydrogen-bond donors (Lipinski definition) is 4. The largest absolute Gasteiger partial charge is 0.392 e. The second-order valence-corrected chi connectivity index (χ2v) is 2.64. The summed E-state index contributed by atoms with van der Waals surface area (Å²) >= 11 is 0. The van der Waals surface area contributed by atoms with Crippen LogP contribution in [0.4, 0.5) is 0 Å². The minimum atomic E-state index is -1.63. The number of carbonyl (C=O) groups excluding carboxylic acids is 1. The number of aliphatic hydroxyl groups is 4. The number of rotatable bonds is 1. The lowest BCUT2D eigenvalue weighted by atomic mass is 9.91. The van der Waals surface area contributed by atoms with Crippen LogP contribution in [-0.2, 0) is 4.79 Å². The maximum Gasteiger partial charge on any atom is 0.192 e. The van der Waals surface area contributed by atoms with Crippen LogP contribution >= 0.6 is 0 Å². The Bertz CT molecular complexity index is 222. The predicted octanol–water partition coefficient (Wildman–Crippen LogP) is -2.43. The Morgan fingerprint density at radius 1 is 1.33 bits per heavy atom. The molecule has 0 saturated heterocycles. The van der Waals surface area contributed by atoms with Gasteiger partial charge in [0.1, 0.15) is 18.3 Å². The van der Waals surface area contributed by atoms with Crippen LogP contribution in [0, 0.1) is 0 Å². The zero-order chi connectivity index (χ0) is 9.30. The molecule has 4 N–H and O–H groups in total. The van der Waals surface area contributed by atoms with E-state index in [1.165, 1.54) is 0 Å². The van der Waals surface area contributed by atoms with Gasteiger partial charge in [0, 0.05) is 5.57 Å². The van der Waals surface area contributed by atoms with Crippen LogP contribution in [0.3, 0.4) is 0 Å². The Hall–Kier alpha value is -0.750. The summed E-state index contributed by atoms with van der Waals surface area (Å²) in [5, 5.41) is 35.6. The molecular formula is C7H10O5. The van der Waals surface area contributed by atoms with Crippen molar-refractivity contribution in [2.24, 2.45) is 0 Å². The average molecular weight is 174 g/mol. The number of Topliss-reactive ketones (excluding diaryl/α,β-unsaturated/α-hetero) is 1. The van der Waals surface area contributed by atoms with Crippen LogP contribution in [0.25, 0.3) is 0 Å². The molecule has 1 aliphatic carbocycles. The Morgan fingerprint density at radius 2 is 1.92 bits per heavy atom. The molecule has 5 heteroatoms. The average Bonchev–Trinajstić information content (AvgIpc) is 2.08. The number of hydrogen-bond acceptors (Lipinski definition) is 5. The van der Waals surface area contributed by atoms with Crippen LogP contribution in [-0.4, -0.2) is 51.1 Å². The van der Waals surface area contributed by atoms with E-state index in [4.69, 9.17) is 20.4 Å². The Morgan fingerprint density at radius 3 is 2.42 bits per heavy atom. The van der Waals surface area contributed by atoms with E-state index in [0.717, 1.165) is 6.08 Å². The summed E-state index contributed by atoms with van der Waals surface area (Å²) in [6.45, 7) is -0.542. The van der Waals surface area contributed by atoms with Gasteiger partial charge in [0.2, 0.25) is 0 Å². The molecule has 0 spiro atoms. The van der Waals surface area contributed by atoms with Crippen molar-refractivity contribution < 1.29 is 25.2 Å². The highest BCUT2D eigenvalue weighted by atomic mass is 16.4. The van der Waals surface area contributed by atoms with Gasteiger partial charge in [-0.1, -0.05) is 0 Å². The third kappa shape index (κ3) is 1.39. The van der Waals surface area contributed by atoms with Crippen molar-refractivity contribution in [2.75, 3.05) is 6.61 Å². The van der Waals surface area contributed by atoms with E-state index in [1.54, 1.807) is 0 Å². The van der Waals surface area contributed by atoms with Crippen molar-refractivity contribution in [1.29, 1.82) is 0 Å². The zero-order valence-corrected chi connectivity index (χ0v) is 6.21. The second kappa shape index (κ2) is 3.32. The molecule has 0 fully saturated rings. The lowest BCUT2D eigenvalue weighted by Gasteiger charge is -2.25. The summed E-state index contributed by atoms with van der Waals surface area (Å²) in [6.07, 6.45) is -3.38. The number of ketones is 1. The van der Waals surface area contributed by atoms with Gasteiger partial charge in [-0.25, -0.2) is 0 Å². The second-order valence-electron chi connectivity index (χ2n) is 2.64. The van der Waals surface area contributed by atoms with Crippen LogP contribution in [0.5, 0.6) is 0 Å². The van der Waals surface area contributed by atoms with E-state index < -0.39 is 30.7 Å². The fourth-order valence-corrected chi connectivity index (χ4v) is 1.05. The normalized spacial score (nSPS) is 36.5. The van der Waals surface area contributed by atoms with Gasteiger partial charge in [-0.05, 0) is 6.08 Å². The van der Waals surface area contributed by atoms with Crippen LogP contribution in [0.15, 0.2) is 11.6 Å². The van der Waals surface area contributed by atoms with E-state index in [0.29, 0.717) is 0 Å². The van der Waals surface area contributed by atoms with Gasteiger partial charge in [-0.15, -0.1) is 0 Å². The molecule has 12 heavy (non-hydrogen) atoms. The van der Waals surface area contributed by atoms with Crippen LogP contribution < -0.4 is 0 Å². The Balaban J connectivity index is 2.92. The van der Waals surface area contributed by atoms with Gasteiger partial charge in [0.15, 0.2) is 5.78 Å². The molecule has 0 amide bonds. The third-order valence-corrected chi connectivity index (χ3v) is 1.80. The summed E-state index contributed by atoms with van der Waals surface area (Å²) in [4.78, 5) is 11.0. The van der Waals surface area contributed by atoms with E-state index in [9.17, 15) is 4.79 Å².